The van der Waals surface area contributed by atoms with E-state index >= 15 is 0 Å². The largest absolute Gasteiger partial charge is 0.322 e. The number of hydrogen-bond acceptors (Lipinski definition) is 6. The van der Waals surface area contributed by atoms with E-state index < -0.39 is 21.7 Å². The summed E-state index contributed by atoms with van der Waals surface area (Å²) in [6, 6.07) is 8.16. The highest BCUT2D eigenvalue weighted by Gasteiger charge is 2.22. The van der Waals surface area contributed by atoms with Crippen LogP contribution in [0.3, 0.4) is 0 Å². The van der Waals surface area contributed by atoms with Gasteiger partial charge in [-0.05, 0) is 69.7 Å². The molecule has 1 N–H and O–H groups in total. The first-order valence-electron chi connectivity index (χ1n) is 8.19. The number of benzene rings is 2. The number of halogens is 2. The van der Waals surface area contributed by atoms with Gasteiger partial charge in [-0.25, -0.2) is 17.1 Å². The minimum atomic E-state index is -3.75. The molecule has 0 unspecified atom stereocenters. The van der Waals surface area contributed by atoms with E-state index in [1.165, 1.54) is 55.2 Å². The number of sulfonamides is 1. The van der Waals surface area contributed by atoms with Crippen molar-refractivity contribution in [1.82, 2.24) is 24.5 Å². The second kappa shape index (κ2) is 7.97. The van der Waals surface area contributed by atoms with Gasteiger partial charge in [0.05, 0.1) is 4.90 Å². The van der Waals surface area contributed by atoms with Crippen molar-refractivity contribution in [3.63, 3.8) is 0 Å². The number of nitrogens with one attached hydrogen (secondary N) is 1. The molecule has 0 bridgehead atoms. The first-order valence-corrected chi connectivity index (χ1v) is 10.4. The Labute approximate surface area is 174 Å². The fourth-order valence-corrected chi connectivity index (χ4v) is 4.29. The number of tetrazole rings is 1. The van der Waals surface area contributed by atoms with E-state index in [-0.39, 0.29) is 16.1 Å². The van der Waals surface area contributed by atoms with Crippen LogP contribution in [-0.4, -0.2) is 52.9 Å². The maximum atomic E-state index is 14.2. The van der Waals surface area contributed by atoms with Crippen molar-refractivity contribution in [2.45, 2.75) is 11.8 Å². The summed E-state index contributed by atoms with van der Waals surface area (Å²) in [6.45, 7) is 1.61. The lowest BCUT2D eigenvalue weighted by atomic mass is 10.2. The third-order valence-electron chi connectivity index (χ3n) is 4.01. The number of aryl methyl sites for hydroxylation is 1. The van der Waals surface area contributed by atoms with Crippen molar-refractivity contribution in [3.8, 4) is 5.69 Å². The molecule has 1 aromatic heterocycles. The number of aromatic nitrogens is 4. The van der Waals surface area contributed by atoms with Crippen LogP contribution < -0.4 is 5.32 Å². The highest BCUT2D eigenvalue weighted by Crippen LogP contribution is 2.26. The maximum absolute atomic E-state index is 14.2. The van der Waals surface area contributed by atoms with Gasteiger partial charge in [-0.1, -0.05) is 0 Å². The number of hydrogen-bond donors (Lipinski definition) is 1. The van der Waals surface area contributed by atoms with Crippen LogP contribution in [0.1, 0.15) is 16.2 Å². The Hall–Kier alpha value is -2.70. The summed E-state index contributed by atoms with van der Waals surface area (Å²) >= 11 is 3.20. The highest BCUT2D eigenvalue weighted by atomic mass is 79.9. The molecule has 0 radical (unpaired) electrons. The molecule has 0 spiro atoms. The van der Waals surface area contributed by atoms with E-state index in [1.807, 2.05) is 0 Å². The van der Waals surface area contributed by atoms with Crippen molar-refractivity contribution in [1.29, 1.82) is 0 Å². The van der Waals surface area contributed by atoms with Crippen molar-refractivity contribution < 1.29 is 17.6 Å². The second-order valence-corrected chi connectivity index (χ2v) is 9.17. The topological polar surface area (TPSA) is 110 Å². The van der Waals surface area contributed by atoms with E-state index in [0.29, 0.717) is 16.0 Å². The second-order valence-electron chi connectivity index (χ2n) is 6.19. The van der Waals surface area contributed by atoms with Gasteiger partial charge in [-0.2, -0.15) is 4.68 Å². The number of carbonyl (C=O) groups excluding carboxylic acids is 1. The molecule has 29 heavy (non-hydrogen) atoms. The molecule has 1 heterocycles. The number of amides is 1. The normalized spacial score (nSPS) is 11.7. The monoisotopic (exact) mass is 482 g/mol. The van der Waals surface area contributed by atoms with Crippen LogP contribution in [0, 0.1) is 12.7 Å². The fourth-order valence-electron chi connectivity index (χ4n) is 2.45. The molecule has 1 amide bonds. The van der Waals surface area contributed by atoms with E-state index in [1.54, 1.807) is 6.92 Å². The Bertz CT molecular complexity index is 1200. The van der Waals surface area contributed by atoms with Crippen molar-refractivity contribution >= 4 is 37.5 Å². The number of carbonyl (C=O) groups is 1. The minimum absolute atomic E-state index is 0.0424. The zero-order valence-corrected chi connectivity index (χ0v) is 18.0. The molecular formula is C17H16BrFN6O3S. The van der Waals surface area contributed by atoms with Crippen LogP contribution >= 0.6 is 15.9 Å². The lowest BCUT2D eigenvalue weighted by Gasteiger charge is -2.14. The maximum Gasteiger partial charge on any atom is 0.255 e. The summed E-state index contributed by atoms with van der Waals surface area (Å²) < 4.78 is 41.6. The molecule has 0 aliphatic heterocycles. The molecule has 9 nitrogen and oxygen atoms in total. The van der Waals surface area contributed by atoms with Crippen molar-refractivity contribution in [3.05, 3.63) is 58.1 Å². The first kappa shape index (κ1) is 21.0. The van der Waals surface area contributed by atoms with Gasteiger partial charge in [-0.15, -0.1) is 5.10 Å². The van der Waals surface area contributed by atoms with Gasteiger partial charge in [0.25, 0.3) is 5.91 Å². The summed E-state index contributed by atoms with van der Waals surface area (Å²) in [5.41, 5.74) is 0.483. The van der Waals surface area contributed by atoms with E-state index in [0.717, 1.165) is 4.31 Å². The molecule has 0 fully saturated rings. The van der Waals surface area contributed by atoms with E-state index in [9.17, 15) is 17.6 Å². The van der Waals surface area contributed by atoms with Crippen LogP contribution in [-0.2, 0) is 10.0 Å². The Kier molecular flexibility index (Phi) is 5.78. The number of anilines is 1. The van der Waals surface area contributed by atoms with Gasteiger partial charge in [0, 0.05) is 29.8 Å². The van der Waals surface area contributed by atoms with Gasteiger partial charge in [0.15, 0.2) is 5.82 Å². The Morgan fingerprint density at radius 2 is 1.93 bits per heavy atom. The number of rotatable bonds is 5. The predicted molar refractivity (Wildman–Crippen MR) is 107 cm³/mol. The zero-order valence-electron chi connectivity index (χ0n) is 15.6. The Morgan fingerprint density at radius 3 is 2.55 bits per heavy atom. The molecule has 0 aliphatic carbocycles. The summed E-state index contributed by atoms with van der Waals surface area (Å²) in [5, 5.41) is 13.5. The smallest absolute Gasteiger partial charge is 0.255 e. The molecule has 2 aromatic carbocycles. The molecule has 0 saturated carbocycles. The summed E-state index contributed by atoms with van der Waals surface area (Å²) in [4.78, 5) is 12.6. The lowest BCUT2D eigenvalue weighted by Crippen LogP contribution is -2.23. The molecule has 0 saturated heterocycles. The molecule has 0 atom stereocenters. The van der Waals surface area contributed by atoms with Gasteiger partial charge >= 0.3 is 0 Å². The minimum Gasteiger partial charge on any atom is -0.322 e. The quantitative estimate of drug-likeness (QED) is 0.597. The molecular weight excluding hydrogens is 467 g/mol. The van der Waals surface area contributed by atoms with Crippen LogP contribution in [0.25, 0.3) is 5.69 Å². The first-order chi connectivity index (χ1) is 13.6. The van der Waals surface area contributed by atoms with Gasteiger partial charge in [-0.3, -0.25) is 4.79 Å². The summed E-state index contributed by atoms with van der Waals surface area (Å²) in [7, 11) is -0.955. The van der Waals surface area contributed by atoms with Crippen LogP contribution in [0.15, 0.2) is 45.8 Å². The van der Waals surface area contributed by atoms with Gasteiger partial charge in [0.2, 0.25) is 10.0 Å². The average molecular weight is 483 g/mol. The molecule has 152 valence electrons. The summed E-state index contributed by atoms with van der Waals surface area (Å²) in [5.74, 6) is -0.751. The predicted octanol–water partition coefficient (Wildman–Crippen LogP) is 2.37. The summed E-state index contributed by atoms with van der Waals surface area (Å²) in [6.07, 6.45) is 0. The van der Waals surface area contributed by atoms with E-state index in [2.05, 4.69) is 36.8 Å². The highest BCUT2D eigenvalue weighted by molar-refractivity contribution is 9.10. The standard InChI is InChI=1S/C17H16BrFN6O3S/c1-10-21-22-23-25(10)15-9-12(5-7-14(15)19)20-17(26)11-4-6-13(18)16(8-11)29(27,28)24(2)3/h4-9H,1-3H3,(H,20,26). The molecule has 3 rings (SSSR count). The van der Waals surface area contributed by atoms with Crippen molar-refractivity contribution in [2.75, 3.05) is 19.4 Å². The van der Waals surface area contributed by atoms with Crippen LogP contribution in [0.5, 0.6) is 0 Å². The van der Waals surface area contributed by atoms with Crippen LogP contribution in [0.4, 0.5) is 10.1 Å². The van der Waals surface area contributed by atoms with Gasteiger partial charge < -0.3 is 5.32 Å². The Balaban J connectivity index is 1.93. The third-order valence-corrected chi connectivity index (χ3v) is 6.82. The SMILES string of the molecule is Cc1nnnn1-c1cc(NC(=O)c2ccc(Br)c(S(=O)(=O)N(C)C)c2)ccc1F. The van der Waals surface area contributed by atoms with Gasteiger partial charge in [0.1, 0.15) is 11.5 Å². The van der Waals surface area contributed by atoms with Crippen molar-refractivity contribution in [2.24, 2.45) is 0 Å². The third kappa shape index (κ3) is 4.18. The molecule has 0 aliphatic rings. The number of nitrogens with zero attached hydrogens (tertiary/aromatic N) is 5. The molecule has 12 heteroatoms. The fraction of sp³-hybridized carbons (Fsp3) is 0.176. The average Bonchev–Trinajstić information content (AvgIpc) is 3.09. The molecule has 3 aromatic rings. The Morgan fingerprint density at radius 1 is 1.21 bits per heavy atom. The zero-order chi connectivity index (χ0) is 21.3. The van der Waals surface area contributed by atoms with E-state index in [4.69, 9.17) is 0 Å². The lowest BCUT2D eigenvalue weighted by molar-refractivity contribution is 0.102. The van der Waals surface area contributed by atoms with Crippen LogP contribution in [0.2, 0.25) is 0 Å².